The van der Waals surface area contributed by atoms with Crippen molar-refractivity contribution in [3.63, 3.8) is 0 Å². The number of nitrogens with one attached hydrogen (secondary N) is 14. The number of unbranched alkanes of at least 4 members (excludes halogenated alkanes) is 2. The number of nitrogens with zero attached hydrogens (tertiary/aromatic N) is 7. The summed E-state index contributed by atoms with van der Waals surface area (Å²) < 4.78 is 0. The largest absolute Gasteiger partial charge is 0.394 e. The number of imidazole rings is 1. The number of likely N-dealkylation sites (N-methyl/N-ethyl adjacent to an activating group) is 4. The maximum absolute atomic E-state index is 15.6. The standard InChI is InChI=1S/C84H122N24O18S2/c1-10-12-26-64-77(120)97-55(25-19-29-90-84(87)88)73(116)103-63(72(115)92-39-68(86)111)43-127-44-70(113)96-59(32-49-21-15-14-16-22-49)80(123)105(7)48(5)71(114)99-61(36-67(85)110)82(125)108-30-20-28-65(108)78(121)98-57(34-51-38-89-45-93-51)75(118)100-58(31-47(3)4)79(122)104(6)40-69(112)95-56(35-52-42-128-46-94-52)74(117)102-62(41-109)76(119)101-60(33-50-37-91-54-24-18-17-23-53(50)54)81(124)107(9)66(27-13-11-2)83(126)106(64)8/h14-18,21-24,37-38,42,45-48,55-66,91,109H,10-13,19-20,25-36,39-41,43-44H2,1-9H3,(H2,85,110)(H2,86,111)(H,89,93)(H,92,115)(H,95,112)(H,96,113)(H,97,120)(H,98,121)(H,99,114)(H,100,118)(H,101,119)(H,102,117)(H,103,116)(H4,87,88,90)/t48-,55-,56-,57-,58-,59-,60-,61-,62-,63-,64-,65-,66-/m0/s1. The van der Waals surface area contributed by atoms with E-state index < -0.39 is 223 Å². The summed E-state index contributed by atoms with van der Waals surface area (Å²) in [4.78, 5) is 267. The second-order valence-corrected chi connectivity index (χ2v) is 34.0. The Kier molecular flexibility index (Phi) is 40.6. The van der Waals surface area contributed by atoms with Crippen LogP contribution in [-0.2, 0) is 107 Å². The molecule has 2 aromatic carbocycles. The van der Waals surface area contributed by atoms with Gasteiger partial charge in [-0.1, -0.05) is 102 Å². The zero-order valence-electron chi connectivity index (χ0n) is 73.5. The lowest BCUT2D eigenvalue weighted by Crippen LogP contribution is -2.61. The SMILES string of the molecule is CCCC[C@H]1C(=O)N(C)[C@@H](CCCC)C(=O)N[C@@H](CCCNC(=N)N)C(=O)N[C@H](C(=O)NCC(N)=O)CSCC(=O)N[C@@H](Cc2ccccc2)C(=O)N(C)[C@@H](C)C(=O)N[C@@H](CC(N)=O)C(=O)N2CCC[C@H]2C(=O)N[C@@H](Cc2cnc[nH]2)C(=O)N[C@@H](CC(C)C)C(=O)N(C)CC(=O)N[C@@H](Cc2cscn2)C(=O)N[C@@H](CO)C(=O)N[C@@H](Cc2c[nH]c3ccccc23)C(=O)N1C. The van der Waals surface area contributed by atoms with E-state index in [9.17, 15) is 72.2 Å². The summed E-state index contributed by atoms with van der Waals surface area (Å²) in [6.07, 6.45) is 4.37. The Hall–Kier alpha value is -12.6. The molecule has 13 atom stereocenters. The molecule has 5 heterocycles. The maximum atomic E-state index is 15.6. The fraction of sp³-hybridized carbons (Fsp3) is 0.548. The molecule has 0 bridgehead atoms. The zero-order chi connectivity index (χ0) is 94.0. The van der Waals surface area contributed by atoms with Crippen molar-refractivity contribution < 1.29 is 86.6 Å². The molecule has 42 nitrogen and oxygen atoms in total. The summed E-state index contributed by atoms with van der Waals surface area (Å²) >= 11 is 1.96. The summed E-state index contributed by atoms with van der Waals surface area (Å²) in [5, 5.41) is 50.0. The minimum atomic E-state index is -1.84. The molecule has 698 valence electrons. The second-order valence-electron chi connectivity index (χ2n) is 32.3. The fourth-order valence-electron chi connectivity index (χ4n) is 14.8. The van der Waals surface area contributed by atoms with Crippen LogP contribution in [0.2, 0.25) is 0 Å². The zero-order valence-corrected chi connectivity index (χ0v) is 75.1. The Morgan fingerprint density at radius 3 is 1.84 bits per heavy atom. The van der Waals surface area contributed by atoms with Crippen molar-refractivity contribution >= 4 is 140 Å². The molecule has 2 aliphatic heterocycles. The number of nitrogens with two attached hydrogens (primary N) is 3. The van der Waals surface area contributed by atoms with Gasteiger partial charge >= 0.3 is 0 Å². The number of hydrogen-bond acceptors (Lipinski definition) is 23. The molecule has 3 aromatic heterocycles. The van der Waals surface area contributed by atoms with E-state index in [2.05, 4.69) is 78.4 Å². The highest BCUT2D eigenvalue weighted by molar-refractivity contribution is 8.00. The van der Waals surface area contributed by atoms with Crippen LogP contribution in [0.4, 0.5) is 0 Å². The first kappa shape index (κ1) is 102. The molecule has 2 fully saturated rings. The monoisotopic (exact) mass is 1820 g/mol. The third kappa shape index (κ3) is 30.9. The molecule has 0 spiro atoms. The van der Waals surface area contributed by atoms with Crippen LogP contribution in [0.25, 0.3) is 10.9 Å². The van der Waals surface area contributed by atoms with Gasteiger partial charge in [0.15, 0.2) is 5.96 Å². The van der Waals surface area contributed by atoms with Crippen LogP contribution < -0.4 is 75.7 Å². The number of thioether (sulfide) groups is 1. The van der Waals surface area contributed by atoms with Gasteiger partial charge in [-0.15, -0.1) is 23.1 Å². The quantitative estimate of drug-likeness (QED) is 0.0148. The van der Waals surface area contributed by atoms with E-state index in [4.69, 9.17) is 22.6 Å². The van der Waals surface area contributed by atoms with Crippen LogP contribution in [0.1, 0.15) is 134 Å². The van der Waals surface area contributed by atoms with Gasteiger partial charge in [0.2, 0.25) is 100 Å². The van der Waals surface area contributed by atoms with E-state index in [0.29, 0.717) is 59.1 Å². The normalized spacial score (nSPS) is 23.8. The number of aliphatic hydroxyl groups is 1. The highest BCUT2D eigenvalue weighted by Crippen LogP contribution is 2.25. The van der Waals surface area contributed by atoms with Gasteiger partial charge in [-0.25, -0.2) is 9.97 Å². The molecule has 0 saturated carbocycles. The van der Waals surface area contributed by atoms with Gasteiger partial charge in [-0.3, -0.25) is 86.9 Å². The number of aromatic amines is 2. The van der Waals surface area contributed by atoms with E-state index in [1.54, 1.807) is 80.0 Å². The molecular weight excluding hydrogens is 1700 g/mol. The molecule has 128 heavy (non-hydrogen) atoms. The van der Waals surface area contributed by atoms with Gasteiger partial charge in [0, 0.05) is 107 Å². The van der Waals surface area contributed by atoms with Crippen molar-refractivity contribution in [2.75, 3.05) is 72.5 Å². The summed E-state index contributed by atoms with van der Waals surface area (Å²) in [6.45, 7) is 5.92. The Morgan fingerprint density at radius 2 is 1.20 bits per heavy atom. The van der Waals surface area contributed by atoms with Crippen LogP contribution in [0.15, 0.2) is 84.2 Å². The number of aliphatic hydroxyl groups excluding tert-OH is 1. The number of aromatic nitrogens is 4. The highest BCUT2D eigenvalue weighted by atomic mass is 32.2. The molecule has 17 amide bonds. The first-order valence-electron chi connectivity index (χ1n) is 42.5. The smallest absolute Gasteiger partial charge is 0.246 e. The van der Waals surface area contributed by atoms with E-state index in [0.717, 1.165) is 36.3 Å². The van der Waals surface area contributed by atoms with Crippen molar-refractivity contribution in [2.45, 2.75) is 216 Å². The average molecular weight is 1820 g/mol. The number of carbonyl (C=O) groups excluding carboxylic acids is 17. The lowest BCUT2D eigenvalue weighted by atomic mass is 10.00. The van der Waals surface area contributed by atoms with E-state index >= 15 is 14.4 Å². The van der Waals surface area contributed by atoms with Gasteiger partial charge in [0.1, 0.15) is 78.5 Å². The topological polar surface area (TPSA) is 618 Å². The van der Waals surface area contributed by atoms with Crippen LogP contribution in [0.5, 0.6) is 0 Å². The van der Waals surface area contributed by atoms with Gasteiger partial charge in [-0.05, 0) is 75.0 Å². The van der Waals surface area contributed by atoms with Crippen LogP contribution in [0, 0.1) is 11.3 Å². The van der Waals surface area contributed by atoms with E-state index in [1.807, 2.05) is 13.8 Å². The first-order chi connectivity index (χ1) is 60.9. The predicted molar refractivity (Wildman–Crippen MR) is 473 cm³/mol. The lowest BCUT2D eigenvalue weighted by molar-refractivity contribution is -0.149. The second kappa shape index (κ2) is 50.7. The van der Waals surface area contributed by atoms with Crippen molar-refractivity contribution in [1.82, 2.24) is 103 Å². The Bertz CT molecular complexity index is 4670. The number of guanidine groups is 1. The molecule has 0 radical (unpaired) electrons. The van der Waals surface area contributed by atoms with Crippen LogP contribution in [-0.4, -0.2) is 307 Å². The lowest BCUT2D eigenvalue weighted by Gasteiger charge is -2.36. The van der Waals surface area contributed by atoms with Crippen LogP contribution >= 0.6 is 23.1 Å². The first-order valence-corrected chi connectivity index (χ1v) is 44.6. The summed E-state index contributed by atoms with van der Waals surface area (Å²) in [7, 11) is 5.23. The average Bonchev–Trinajstić information content (AvgIpc) is 1.46. The van der Waals surface area contributed by atoms with Gasteiger partial charge < -0.3 is 115 Å². The molecule has 5 aromatic rings. The summed E-state index contributed by atoms with van der Waals surface area (Å²) in [5.41, 5.74) is 20.6. The molecule has 7 rings (SSSR count). The molecule has 0 unspecified atom stereocenters. The van der Waals surface area contributed by atoms with Gasteiger partial charge in [-0.2, -0.15) is 0 Å². The molecule has 2 saturated heterocycles. The number of hydrogen-bond donors (Lipinski definition) is 18. The highest BCUT2D eigenvalue weighted by Gasteiger charge is 2.44. The molecule has 2 aliphatic rings. The van der Waals surface area contributed by atoms with Crippen molar-refractivity contribution in [3.8, 4) is 0 Å². The Morgan fingerprint density at radius 1 is 0.594 bits per heavy atom. The Balaban J connectivity index is 1.28. The number of rotatable bonds is 26. The number of benzene rings is 2. The summed E-state index contributed by atoms with van der Waals surface area (Å²) in [6, 6.07) is -4.13. The number of para-hydroxylation sites is 1. The van der Waals surface area contributed by atoms with Crippen molar-refractivity contribution in [1.29, 1.82) is 5.41 Å². The fourth-order valence-corrected chi connectivity index (χ4v) is 16.3. The number of fused-ring (bicyclic) bond motifs is 2. The van der Waals surface area contributed by atoms with Gasteiger partial charge in [0.05, 0.1) is 49.4 Å². The third-order valence-electron chi connectivity index (χ3n) is 21.9. The predicted octanol–water partition coefficient (Wildman–Crippen LogP) is -3.16. The Labute approximate surface area is 749 Å². The van der Waals surface area contributed by atoms with Crippen molar-refractivity contribution in [2.24, 2.45) is 23.1 Å². The molecule has 44 heteroatoms. The molecular formula is C84H122N24O18S2. The van der Waals surface area contributed by atoms with Crippen molar-refractivity contribution in [3.05, 3.63) is 107 Å². The van der Waals surface area contributed by atoms with E-state index in [-0.39, 0.29) is 89.6 Å². The number of thiazole rings is 1. The number of primary amides is 2. The third-order valence-corrected chi connectivity index (χ3v) is 23.6. The number of amides is 17. The number of carbonyl (C=O) groups is 17. The molecule has 0 aliphatic carbocycles. The maximum Gasteiger partial charge on any atom is 0.246 e. The minimum absolute atomic E-state index is 0.00103. The summed E-state index contributed by atoms with van der Waals surface area (Å²) in [5.74, 6) is -17.1. The molecule has 21 N–H and O–H groups in total. The minimum Gasteiger partial charge on any atom is -0.394 e. The van der Waals surface area contributed by atoms with Crippen LogP contribution in [0.3, 0.4) is 0 Å². The van der Waals surface area contributed by atoms with E-state index in [1.165, 1.54) is 64.5 Å². The number of H-pyrrole nitrogens is 2. The van der Waals surface area contributed by atoms with Gasteiger partial charge in [0.25, 0.3) is 0 Å².